The molecule has 1 aromatic carbocycles. The maximum Gasteiger partial charge on any atom is 0.232 e. The first-order chi connectivity index (χ1) is 8.56. The van der Waals surface area contributed by atoms with Crippen LogP contribution in [0.1, 0.15) is 5.82 Å². The van der Waals surface area contributed by atoms with Gasteiger partial charge in [0.1, 0.15) is 11.6 Å². The van der Waals surface area contributed by atoms with Crippen molar-refractivity contribution in [1.29, 1.82) is 0 Å². The fraction of sp³-hybridized carbons (Fsp3) is 0.200. The van der Waals surface area contributed by atoms with Gasteiger partial charge in [-0.25, -0.2) is 13.5 Å². The molecule has 18 heavy (non-hydrogen) atoms. The second kappa shape index (κ2) is 4.86. The lowest BCUT2D eigenvalue weighted by atomic mass is 10.2. The molecule has 0 atom stereocenters. The van der Waals surface area contributed by atoms with Crippen LogP contribution in [0.3, 0.4) is 0 Å². The summed E-state index contributed by atoms with van der Waals surface area (Å²) in [5.41, 5.74) is -0.213. The normalized spacial score (nSPS) is 10.4. The summed E-state index contributed by atoms with van der Waals surface area (Å²) in [5.74, 6) is -1.55. The quantitative estimate of drug-likeness (QED) is 0.872. The number of nitrogens with one attached hydrogen (secondary N) is 1. The Morgan fingerprint density at radius 1 is 1.44 bits per heavy atom. The number of halogens is 2. The highest BCUT2D eigenvalue weighted by molar-refractivity contribution is 5.91. The van der Waals surface area contributed by atoms with Crippen LogP contribution < -0.4 is 5.32 Å². The van der Waals surface area contributed by atoms with E-state index in [4.69, 9.17) is 0 Å². The number of hydrogen-bond acceptors (Lipinski definition) is 4. The van der Waals surface area contributed by atoms with Gasteiger partial charge >= 0.3 is 0 Å². The van der Waals surface area contributed by atoms with Crippen molar-refractivity contribution in [1.82, 2.24) is 20.2 Å². The molecule has 1 amide bonds. The summed E-state index contributed by atoms with van der Waals surface area (Å²) >= 11 is 0. The van der Waals surface area contributed by atoms with E-state index in [1.54, 1.807) is 7.05 Å². The number of rotatable bonds is 3. The molecule has 6 nitrogen and oxygen atoms in total. The molecule has 1 N–H and O–H groups in total. The number of carbonyl (C=O) groups excluding carboxylic acids is 1. The molecule has 0 saturated carbocycles. The van der Waals surface area contributed by atoms with E-state index in [-0.39, 0.29) is 12.1 Å². The Balaban J connectivity index is 2.08. The molecule has 0 saturated heterocycles. The van der Waals surface area contributed by atoms with Crippen LogP contribution in [-0.4, -0.2) is 26.1 Å². The average molecular weight is 253 g/mol. The van der Waals surface area contributed by atoms with E-state index in [1.807, 2.05) is 0 Å². The van der Waals surface area contributed by atoms with Gasteiger partial charge < -0.3 is 5.32 Å². The Hall–Kier alpha value is -2.38. The van der Waals surface area contributed by atoms with E-state index >= 15 is 0 Å². The van der Waals surface area contributed by atoms with Gasteiger partial charge in [0.2, 0.25) is 5.91 Å². The molecule has 0 bridgehead atoms. The SMILES string of the molecule is Cn1nnnc1CC(=O)Nc1cc(F)ccc1F. The van der Waals surface area contributed by atoms with Crippen molar-refractivity contribution in [3.8, 4) is 0 Å². The fourth-order valence-corrected chi connectivity index (χ4v) is 1.33. The van der Waals surface area contributed by atoms with Crippen LogP contribution >= 0.6 is 0 Å². The third-order valence-corrected chi connectivity index (χ3v) is 2.23. The maximum atomic E-state index is 13.3. The first kappa shape index (κ1) is 12.1. The molecule has 1 heterocycles. The standard InChI is InChI=1S/C10H9F2N5O/c1-17-9(14-15-16-17)5-10(18)13-8-4-6(11)2-3-7(8)12/h2-4H,5H2,1H3,(H,13,18). The monoisotopic (exact) mass is 253 g/mol. The van der Waals surface area contributed by atoms with Crippen molar-refractivity contribution >= 4 is 11.6 Å². The predicted octanol–water partition coefficient (Wildman–Crippen LogP) is 0.669. The molecule has 94 valence electrons. The van der Waals surface area contributed by atoms with Gasteiger partial charge in [0.05, 0.1) is 12.1 Å². The van der Waals surface area contributed by atoms with Crippen LogP contribution in [0.15, 0.2) is 18.2 Å². The molecular formula is C10H9F2N5O. The summed E-state index contributed by atoms with van der Waals surface area (Å²) in [4.78, 5) is 11.6. The molecule has 0 aliphatic carbocycles. The van der Waals surface area contributed by atoms with Gasteiger partial charge in [-0.2, -0.15) is 0 Å². The Bertz CT molecular complexity index is 583. The van der Waals surface area contributed by atoms with Gasteiger partial charge in [-0.15, -0.1) is 5.10 Å². The van der Waals surface area contributed by atoms with Crippen molar-refractivity contribution in [2.24, 2.45) is 7.05 Å². The summed E-state index contributed by atoms with van der Waals surface area (Å²) in [6.45, 7) is 0. The summed E-state index contributed by atoms with van der Waals surface area (Å²) in [6, 6.07) is 2.81. The topological polar surface area (TPSA) is 72.7 Å². The van der Waals surface area contributed by atoms with E-state index in [1.165, 1.54) is 4.68 Å². The number of anilines is 1. The molecule has 0 spiro atoms. The number of hydrogen-bond donors (Lipinski definition) is 1. The number of aryl methyl sites for hydroxylation is 1. The molecule has 1 aromatic heterocycles. The lowest BCUT2D eigenvalue weighted by molar-refractivity contribution is -0.115. The molecule has 0 aliphatic rings. The van der Waals surface area contributed by atoms with Gasteiger partial charge in [0.25, 0.3) is 0 Å². The molecule has 0 aliphatic heterocycles. The molecule has 0 fully saturated rings. The number of amides is 1. The van der Waals surface area contributed by atoms with E-state index in [9.17, 15) is 13.6 Å². The van der Waals surface area contributed by atoms with E-state index < -0.39 is 17.5 Å². The smallest absolute Gasteiger partial charge is 0.232 e. The van der Waals surface area contributed by atoms with Gasteiger partial charge in [-0.1, -0.05) is 0 Å². The van der Waals surface area contributed by atoms with Crippen molar-refractivity contribution in [3.63, 3.8) is 0 Å². The van der Waals surface area contributed by atoms with Gasteiger partial charge in [0.15, 0.2) is 5.82 Å². The predicted molar refractivity (Wildman–Crippen MR) is 57.5 cm³/mol. The number of aromatic nitrogens is 4. The third kappa shape index (κ3) is 2.65. The molecular weight excluding hydrogens is 244 g/mol. The Kier molecular flexibility index (Phi) is 3.26. The second-order valence-electron chi connectivity index (χ2n) is 3.57. The minimum absolute atomic E-state index is 0.126. The van der Waals surface area contributed by atoms with E-state index in [0.717, 1.165) is 18.2 Å². The minimum Gasteiger partial charge on any atom is -0.323 e. The highest BCUT2D eigenvalue weighted by Gasteiger charge is 2.12. The molecule has 2 rings (SSSR count). The number of nitrogens with zero attached hydrogens (tertiary/aromatic N) is 4. The van der Waals surface area contributed by atoms with E-state index in [2.05, 4.69) is 20.8 Å². The van der Waals surface area contributed by atoms with Gasteiger partial charge in [-0.05, 0) is 22.6 Å². The number of carbonyl (C=O) groups is 1. The van der Waals surface area contributed by atoms with Crippen LogP contribution in [0.4, 0.5) is 14.5 Å². The first-order valence-corrected chi connectivity index (χ1v) is 5.02. The third-order valence-electron chi connectivity index (χ3n) is 2.23. The number of tetrazole rings is 1. The molecule has 0 unspecified atom stereocenters. The van der Waals surface area contributed by atoms with Crippen LogP contribution in [0.2, 0.25) is 0 Å². The van der Waals surface area contributed by atoms with Crippen molar-refractivity contribution < 1.29 is 13.6 Å². The zero-order chi connectivity index (χ0) is 13.1. The highest BCUT2D eigenvalue weighted by atomic mass is 19.1. The zero-order valence-electron chi connectivity index (χ0n) is 9.39. The molecule has 0 radical (unpaired) electrons. The van der Waals surface area contributed by atoms with Crippen LogP contribution in [0.25, 0.3) is 0 Å². The van der Waals surface area contributed by atoms with Crippen LogP contribution in [-0.2, 0) is 18.3 Å². The van der Waals surface area contributed by atoms with Gasteiger partial charge in [0, 0.05) is 13.1 Å². The Morgan fingerprint density at radius 3 is 2.89 bits per heavy atom. The minimum atomic E-state index is -0.708. The lowest BCUT2D eigenvalue weighted by Gasteiger charge is -2.05. The first-order valence-electron chi connectivity index (χ1n) is 5.02. The number of benzene rings is 1. The molecule has 2 aromatic rings. The second-order valence-corrected chi connectivity index (χ2v) is 3.57. The highest BCUT2D eigenvalue weighted by Crippen LogP contribution is 2.15. The van der Waals surface area contributed by atoms with Gasteiger partial charge in [-0.3, -0.25) is 4.79 Å². The van der Waals surface area contributed by atoms with Crippen LogP contribution in [0.5, 0.6) is 0 Å². The average Bonchev–Trinajstić information content (AvgIpc) is 2.70. The Morgan fingerprint density at radius 2 is 2.22 bits per heavy atom. The largest absolute Gasteiger partial charge is 0.323 e. The maximum absolute atomic E-state index is 13.3. The summed E-state index contributed by atoms with van der Waals surface area (Å²) < 4.78 is 27.5. The summed E-state index contributed by atoms with van der Waals surface area (Å²) in [7, 11) is 1.57. The fourth-order valence-electron chi connectivity index (χ4n) is 1.33. The molecule has 8 heteroatoms. The van der Waals surface area contributed by atoms with E-state index in [0.29, 0.717) is 5.82 Å². The van der Waals surface area contributed by atoms with Crippen molar-refractivity contribution in [2.75, 3.05) is 5.32 Å². The van der Waals surface area contributed by atoms with Crippen molar-refractivity contribution in [2.45, 2.75) is 6.42 Å². The summed E-state index contributed by atoms with van der Waals surface area (Å²) in [5, 5.41) is 12.8. The summed E-state index contributed by atoms with van der Waals surface area (Å²) in [6.07, 6.45) is -0.126. The zero-order valence-corrected chi connectivity index (χ0v) is 9.39. The van der Waals surface area contributed by atoms with Crippen LogP contribution in [0, 0.1) is 11.6 Å². The lowest BCUT2D eigenvalue weighted by Crippen LogP contribution is -2.18. The van der Waals surface area contributed by atoms with Crippen molar-refractivity contribution in [3.05, 3.63) is 35.7 Å². The Labute approximate surface area is 101 Å².